The van der Waals surface area contributed by atoms with Crippen molar-refractivity contribution in [3.8, 4) is 17.2 Å². The molecule has 170 valence electrons. The third kappa shape index (κ3) is 5.35. The normalized spacial score (nSPS) is 11.8. The summed E-state index contributed by atoms with van der Waals surface area (Å²) >= 11 is 1.09. The first-order chi connectivity index (χ1) is 16.1. The zero-order valence-corrected chi connectivity index (χ0v) is 18.8. The summed E-state index contributed by atoms with van der Waals surface area (Å²) in [6, 6.07) is 14.1. The molecule has 2 aromatic heterocycles. The molecule has 0 bridgehead atoms. The summed E-state index contributed by atoms with van der Waals surface area (Å²) in [7, 11) is 2.89. The number of aromatic amines is 1. The van der Waals surface area contributed by atoms with Gasteiger partial charge in [0.15, 0.2) is 0 Å². The van der Waals surface area contributed by atoms with Gasteiger partial charge in [-0.25, -0.2) is 4.79 Å². The van der Waals surface area contributed by atoms with Crippen LogP contribution in [0.1, 0.15) is 5.56 Å². The van der Waals surface area contributed by atoms with E-state index in [1.807, 2.05) is 30.5 Å². The van der Waals surface area contributed by atoms with Gasteiger partial charge in [0, 0.05) is 29.1 Å². The minimum Gasteiger partial charge on any atom is -0.497 e. The van der Waals surface area contributed by atoms with Gasteiger partial charge in [0.2, 0.25) is 11.8 Å². The van der Waals surface area contributed by atoms with Crippen molar-refractivity contribution in [2.75, 3.05) is 20.0 Å². The standard InChI is InChI=1S/C23H22N4O5S/c1-30-16-9-7-14(8-10-16)21-26-27-23(32-21)33-13-20(28)25-19(22(29)31-2)11-15-12-24-18-6-4-3-5-17(15)18/h3-10,12,19,24H,11,13H2,1-2H3,(H,25,28)/t19-/m1/s1. The van der Waals surface area contributed by atoms with Gasteiger partial charge in [0.1, 0.15) is 11.8 Å². The summed E-state index contributed by atoms with van der Waals surface area (Å²) in [5.41, 5.74) is 2.61. The first-order valence-corrected chi connectivity index (χ1v) is 11.1. The Hall–Kier alpha value is -3.79. The van der Waals surface area contributed by atoms with Gasteiger partial charge >= 0.3 is 5.97 Å². The molecule has 0 unspecified atom stereocenters. The van der Waals surface area contributed by atoms with Crippen LogP contribution in [0.2, 0.25) is 0 Å². The number of amides is 1. The van der Waals surface area contributed by atoms with Crippen molar-refractivity contribution >= 4 is 34.5 Å². The monoisotopic (exact) mass is 466 g/mol. The van der Waals surface area contributed by atoms with Gasteiger partial charge in [-0.1, -0.05) is 30.0 Å². The van der Waals surface area contributed by atoms with Gasteiger partial charge in [0.25, 0.3) is 5.22 Å². The van der Waals surface area contributed by atoms with E-state index in [9.17, 15) is 9.59 Å². The third-order valence-corrected chi connectivity index (χ3v) is 5.81. The van der Waals surface area contributed by atoms with Gasteiger partial charge < -0.3 is 24.2 Å². The predicted molar refractivity (Wildman–Crippen MR) is 123 cm³/mol. The summed E-state index contributed by atoms with van der Waals surface area (Å²) in [5, 5.41) is 12.0. The second-order valence-corrected chi connectivity index (χ2v) is 8.02. The lowest BCUT2D eigenvalue weighted by atomic mass is 10.0. The number of carbonyl (C=O) groups is 2. The number of nitrogens with one attached hydrogen (secondary N) is 2. The van der Waals surface area contributed by atoms with Gasteiger partial charge in [-0.2, -0.15) is 0 Å². The first-order valence-electron chi connectivity index (χ1n) is 10.1. The molecule has 33 heavy (non-hydrogen) atoms. The van der Waals surface area contributed by atoms with E-state index < -0.39 is 12.0 Å². The van der Waals surface area contributed by atoms with Crippen LogP contribution in [0.4, 0.5) is 0 Å². The van der Waals surface area contributed by atoms with Gasteiger partial charge in [-0.3, -0.25) is 4.79 Å². The molecule has 0 radical (unpaired) electrons. The fourth-order valence-electron chi connectivity index (χ4n) is 3.34. The van der Waals surface area contributed by atoms with Crippen LogP contribution in [-0.2, 0) is 20.7 Å². The first kappa shape index (κ1) is 22.4. The lowest BCUT2D eigenvalue weighted by Gasteiger charge is -2.16. The molecular weight excluding hydrogens is 444 g/mol. The minimum absolute atomic E-state index is 0.00558. The number of benzene rings is 2. The number of nitrogens with zero attached hydrogens (tertiary/aromatic N) is 2. The Morgan fingerprint density at radius 3 is 2.67 bits per heavy atom. The maximum atomic E-state index is 12.5. The third-order valence-electron chi connectivity index (χ3n) is 4.99. The number of carbonyl (C=O) groups excluding carboxylic acids is 2. The quantitative estimate of drug-likeness (QED) is 0.285. The molecule has 2 heterocycles. The van der Waals surface area contributed by atoms with E-state index in [4.69, 9.17) is 13.9 Å². The van der Waals surface area contributed by atoms with Crippen molar-refractivity contribution in [1.82, 2.24) is 20.5 Å². The summed E-state index contributed by atoms with van der Waals surface area (Å²) in [6.07, 6.45) is 2.13. The molecule has 2 N–H and O–H groups in total. The number of H-pyrrole nitrogens is 1. The average Bonchev–Trinajstić information content (AvgIpc) is 3.49. The molecule has 0 saturated carbocycles. The van der Waals surface area contributed by atoms with Crippen molar-refractivity contribution < 1.29 is 23.5 Å². The molecule has 2 aromatic carbocycles. The van der Waals surface area contributed by atoms with E-state index in [0.29, 0.717) is 12.3 Å². The van der Waals surface area contributed by atoms with Crippen LogP contribution in [0.5, 0.6) is 5.75 Å². The van der Waals surface area contributed by atoms with Crippen LogP contribution in [0.15, 0.2) is 64.4 Å². The lowest BCUT2D eigenvalue weighted by Crippen LogP contribution is -2.43. The van der Waals surface area contributed by atoms with Gasteiger partial charge in [-0.05, 0) is 35.9 Å². The molecule has 0 aliphatic carbocycles. The summed E-state index contributed by atoms with van der Waals surface area (Å²) in [5.74, 6) is 0.202. The zero-order valence-electron chi connectivity index (χ0n) is 18.0. The number of thioether (sulfide) groups is 1. The number of para-hydroxylation sites is 1. The number of aromatic nitrogens is 3. The highest BCUT2D eigenvalue weighted by Gasteiger charge is 2.23. The molecule has 0 aliphatic rings. The highest BCUT2D eigenvalue weighted by Crippen LogP contribution is 2.25. The summed E-state index contributed by atoms with van der Waals surface area (Å²) in [6.45, 7) is 0. The molecule has 0 spiro atoms. The minimum atomic E-state index is -0.820. The predicted octanol–water partition coefficient (Wildman–Crippen LogP) is 3.22. The van der Waals surface area contributed by atoms with E-state index in [0.717, 1.165) is 39.5 Å². The number of hydrogen-bond donors (Lipinski definition) is 2. The fraction of sp³-hybridized carbons (Fsp3) is 0.217. The van der Waals surface area contributed by atoms with Crippen LogP contribution in [0.3, 0.4) is 0 Å². The SMILES string of the molecule is COC(=O)[C@@H](Cc1c[nH]c2ccccc12)NC(=O)CSc1nnc(-c2ccc(OC)cc2)o1. The van der Waals surface area contributed by atoms with Crippen LogP contribution < -0.4 is 10.1 Å². The van der Waals surface area contributed by atoms with Crippen molar-refractivity contribution in [2.24, 2.45) is 0 Å². The molecule has 0 saturated heterocycles. The van der Waals surface area contributed by atoms with E-state index in [-0.39, 0.29) is 16.9 Å². The maximum Gasteiger partial charge on any atom is 0.328 e. The van der Waals surface area contributed by atoms with Crippen molar-refractivity contribution in [2.45, 2.75) is 17.7 Å². The van der Waals surface area contributed by atoms with Crippen molar-refractivity contribution in [3.63, 3.8) is 0 Å². The number of methoxy groups -OCH3 is 2. The summed E-state index contributed by atoms with van der Waals surface area (Å²) in [4.78, 5) is 28.0. The molecule has 1 amide bonds. The highest BCUT2D eigenvalue weighted by atomic mass is 32.2. The number of rotatable bonds is 9. The molecule has 0 aliphatic heterocycles. The van der Waals surface area contributed by atoms with Crippen LogP contribution in [0, 0.1) is 0 Å². The van der Waals surface area contributed by atoms with Crippen LogP contribution in [-0.4, -0.2) is 53.1 Å². The Labute approximate surface area is 193 Å². The van der Waals surface area contributed by atoms with Crippen molar-refractivity contribution in [1.29, 1.82) is 0 Å². The Morgan fingerprint density at radius 2 is 1.91 bits per heavy atom. The van der Waals surface area contributed by atoms with E-state index in [2.05, 4.69) is 20.5 Å². The molecule has 4 aromatic rings. The second kappa shape index (κ2) is 10.2. The topological polar surface area (TPSA) is 119 Å². The molecule has 0 fully saturated rings. The van der Waals surface area contributed by atoms with Crippen LogP contribution in [0.25, 0.3) is 22.4 Å². The maximum absolute atomic E-state index is 12.5. The van der Waals surface area contributed by atoms with E-state index in [1.165, 1.54) is 7.11 Å². The number of esters is 1. The number of fused-ring (bicyclic) bond motifs is 1. The van der Waals surface area contributed by atoms with E-state index in [1.54, 1.807) is 31.4 Å². The number of hydrogen-bond acceptors (Lipinski definition) is 8. The largest absolute Gasteiger partial charge is 0.497 e. The molecule has 4 rings (SSSR count). The van der Waals surface area contributed by atoms with Gasteiger partial charge in [-0.15, -0.1) is 10.2 Å². The molecule has 1 atom stereocenters. The van der Waals surface area contributed by atoms with Gasteiger partial charge in [0.05, 0.1) is 20.0 Å². The second-order valence-electron chi connectivity index (χ2n) is 7.10. The molecule has 9 nitrogen and oxygen atoms in total. The highest BCUT2D eigenvalue weighted by molar-refractivity contribution is 7.99. The Balaban J connectivity index is 1.37. The summed E-state index contributed by atoms with van der Waals surface area (Å²) < 4.78 is 15.6. The van der Waals surface area contributed by atoms with E-state index >= 15 is 0 Å². The Morgan fingerprint density at radius 1 is 1.12 bits per heavy atom. The Kier molecular flexibility index (Phi) is 6.94. The molecular formula is C23H22N4O5S. The lowest BCUT2D eigenvalue weighted by molar-refractivity contribution is -0.144. The zero-order chi connectivity index (χ0) is 23.2. The molecule has 10 heteroatoms. The Bertz CT molecular complexity index is 1250. The fourth-order valence-corrected chi connectivity index (χ4v) is 3.91. The smallest absolute Gasteiger partial charge is 0.328 e. The van der Waals surface area contributed by atoms with Crippen molar-refractivity contribution in [3.05, 3.63) is 60.3 Å². The average molecular weight is 467 g/mol. The number of ether oxygens (including phenoxy) is 2. The van der Waals surface area contributed by atoms with Crippen LogP contribution >= 0.6 is 11.8 Å².